The first kappa shape index (κ1) is 23.5. The summed E-state index contributed by atoms with van der Waals surface area (Å²) < 4.78 is 38.1. The summed E-state index contributed by atoms with van der Waals surface area (Å²) >= 11 is 5.93. The van der Waals surface area contributed by atoms with Crippen molar-refractivity contribution in [2.24, 2.45) is 11.8 Å². The highest BCUT2D eigenvalue weighted by Gasteiger charge is 2.38. The average Bonchev–Trinajstić information content (AvgIpc) is 2.65. The summed E-state index contributed by atoms with van der Waals surface area (Å²) in [6.07, 6.45) is -3.54. The summed E-state index contributed by atoms with van der Waals surface area (Å²) in [4.78, 5) is 26.7. The standard InChI is InChI=1S/C21H28ClF3N2O2/c1-13(2)19(26-18(28)12-14(3)21(23,24)25)20(29)27-10-8-16(9-11-27)15-4-6-17(22)7-5-15/h4-7,13-14,16,19H,8-12H2,1-3H3,(H,26,28)/t14?,19-/m1/s1. The zero-order chi connectivity index (χ0) is 21.8. The Morgan fingerprint density at radius 1 is 1.14 bits per heavy atom. The maximum Gasteiger partial charge on any atom is 0.392 e. The van der Waals surface area contributed by atoms with E-state index in [-0.39, 0.29) is 11.8 Å². The fraction of sp³-hybridized carbons (Fsp3) is 0.619. The molecule has 1 saturated heterocycles. The lowest BCUT2D eigenvalue weighted by atomic mass is 9.89. The summed E-state index contributed by atoms with van der Waals surface area (Å²) in [5.41, 5.74) is 1.18. The molecule has 0 spiro atoms. The van der Waals surface area contributed by atoms with Crippen LogP contribution in [0.25, 0.3) is 0 Å². The Labute approximate surface area is 174 Å². The van der Waals surface area contributed by atoms with Gasteiger partial charge in [0.2, 0.25) is 11.8 Å². The van der Waals surface area contributed by atoms with Crippen LogP contribution in [0.5, 0.6) is 0 Å². The number of amides is 2. The Bertz CT molecular complexity index is 699. The second-order valence-corrected chi connectivity index (χ2v) is 8.52. The Kier molecular flexibility index (Phi) is 7.97. The molecule has 4 nitrogen and oxygen atoms in total. The van der Waals surface area contributed by atoms with Crippen LogP contribution in [0.1, 0.15) is 51.5 Å². The molecular weight excluding hydrogens is 405 g/mol. The largest absolute Gasteiger partial charge is 0.392 e. The van der Waals surface area contributed by atoms with Crippen molar-refractivity contribution < 1.29 is 22.8 Å². The topological polar surface area (TPSA) is 49.4 Å². The van der Waals surface area contributed by atoms with E-state index in [0.717, 1.165) is 19.8 Å². The molecule has 1 aliphatic rings. The zero-order valence-corrected chi connectivity index (χ0v) is 17.7. The Hall–Kier alpha value is -1.76. The van der Waals surface area contributed by atoms with Crippen LogP contribution in [-0.4, -0.2) is 42.0 Å². The quantitative estimate of drug-likeness (QED) is 0.703. The van der Waals surface area contributed by atoms with Crippen LogP contribution in [0, 0.1) is 11.8 Å². The second-order valence-electron chi connectivity index (χ2n) is 8.09. The number of benzene rings is 1. The molecule has 2 amide bonds. The number of nitrogens with zero attached hydrogens (tertiary/aromatic N) is 1. The molecule has 0 aromatic heterocycles. The first-order valence-electron chi connectivity index (χ1n) is 9.89. The van der Waals surface area contributed by atoms with E-state index in [9.17, 15) is 22.8 Å². The maximum absolute atomic E-state index is 12.9. The van der Waals surface area contributed by atoms with Crippen molar-refractivity contribution in [3.05, 3.63) is 34.9 Å². The molecule has 1 aromatic rings. The molecule has 1 fully saturated rings. The minimum absolute atomic E-state index is 0.221. The van der Waals surface area contributed by atoms with Gasteiger partial charge >= 0.3 is 6.18 Å². The summed E-state index contributed by atoms with van der Waals surface area (Å²) in [7, 11) is 0. The van der Waals surface area contributed by atoms with E-state index in [1.54, 1.807) is 18.7 Å². The van der Waals surface area contributed by atoms with E-state index < -0.39 is 30.5 Å². The van der Waals surface area contributed by atoms with Crippen LogP contribution < -0.4 is 5.32 Å². The van der Waals surface area contributed by atoms with Crippen LogP contribution in [0.2, 0.25) is 5.02 Å². The van der Waals surface area contributed by atoms with Crippen LogP contribution in [-0.2, 0) is 9.59 Å². The van der Waals surface area contributed by atoms with E-state index in [0.29, 0.717) is 24.0 Å². The third-order valence-electron chi connectivity index (χ3n) is 5.45. The van der Waals surface area contributed by atoms with Crippen LogP contribution in [0.4, 0.5) is 13.2 Å². The summed E-state index contributed by atoms with van der Waals surface area (Å²) in [6.45, 7) is 5.61. The molecule has 0 bridgehead atoms. The fourth-order valence-corrected chi connectivity index (χ4v) is 3.63. The number of halogens is 4. The normalized spacial score (nSPS) is 17.9. The maximum atomic E-state index is 12.9. The molecule has 29 heavy (non-hydrogen) atoms. The van der Waals surface area contributed by atoms with Gasteiger partial charge in [0.05, 0.1) is 5.92 Å². The number of nitrogens with one attached hydrogen (secondary N) is 1. The lowest BCUT2D eigenvalue weighted by Gasteiger charge is -2.35. The molecule has 162 valence electrons. The van der Waals surface area contributed by atoms with Gasteiger partial charge < -0.3 is 10.2 Å². The van der Waals surface area contributed by atoms with E-state index in [4.69, 9.17) is 11.6 Å². The average molecular weight is 433 g/mol. The summed E-state index contributed by atoms with van der Waals surface area (Å²) in [5.74, 6) is -2.63. The van der Waals surface area contributed by atoms with Gasteiger partial charge in [-0.1, -0.05) is 44.5 Å². The van der Waals surface area contributed by atoms with Gasteiger partial charge in [0, 0.05) is 24.5 Å². The van der Waals surface area contributed by atoms with Crippen molar-refractivity contribution in [1.29, 1.82) is 0 Å². The number of alkyl halides is 3. The molecule has 0 aliphatic carbocycles. The molecule has 1 N–H and O–H groups in total. The van der Waals surface area contributed by atoms with E-state index in [2.05, 4.69) is 5.32 Å². The van der Waals surface area contributed by atoms with Gasteiger partial charge in [-0.2, -0.15) is 13.2 Å². The highest BCUT2D eigenvalue weighted by atomic mass is 35.5. The number of piperidine rings is 1. The zero-order valence-electron chi connectivity index (χ0n) is 16.9. The molecule has 8 heteroatoms. The van der Waals surface area contributed by atoms with Gasteiger partial charge in [-0.15, -0.1) is 0 Å². The molecule has 0 saturated carbocycles. The highest BCUT2D eigenvalue weighted by molar-refractivity contribution is 6.30. The Morgan fingerprint density at radius 2 is 1.69 bits per heavy atom. The first-order valence-corrected chi connectivity index (χ1v) is 10.3. The molecule has 0 radical (unpaired) electrons. The second kappa shape index (κ2) is 9.83. The molecule has 1 aliphatic heterocycles. The predicted octanol–water partition coefficient (Wildman–Crippen LogP) is 4.78. The van der Waals surface area contributed by atoms with Crippen LogP contribution in [0.15, 0.2) is 24.3 Å². The van der Waals surface area contributed by atoms with Gasteiger partial charge in [-0.3, -0.25) is 9.59 Å². The van der Waals surface area contributed by atoms with E-state index in [1.807, 2.05) is 24.3 Å². The molecule has 2 atom stereocenters. The fourth-order valence-electron chi connectivity index (χ4n) is 3.50. The van der Waals surface area contributed by atoms with Crippen molar-refractivity contribution in [2.45, 2.75) is 58.2 Å². The van der Waals surface area contributed by atoms with Crippen molar-refractivity contribution in [1.82, 2.24) is 10.2 Å². The molecule has 1 aromatic carbocycles. The number of carbonyl (C=O) groups excluding carboxylic acids is 2. The molecule has 1 heterocycles. The number of carbonyl (C=O) groups is 2. The third-order valence-corrected chi connectivity index (χ3v) is 5.70. The van der Waals surface area contributed by atoms with Crippen molar-refractivity contribution in [2.75, 3.05) is 13.1 Å². The smallest absolute Gasteiger partial charge is 0.344 e. The predicted molar refractivity (Wildman–Crippen MR) is 107 cm³/mol. The van der Waals surface area contributed by atoms with Gasteiger partial charge in [0.1, 0.15) is 6.04 Å². The number of hydrogen-bond acceptors (Lipinski definition) is 2. The van der Waals surface area contributed by atoms with Gasteiger partial charge in [0.15, 0.2) is 0 Å². The first-order chi connectivity index (χ1) is 13.5. The van der Waals surface area contributed by atoms with Gasteiger partial charge in [0.25, 0.3) is 0 Å². The molecular formula is C21H28ClF3N2O2. The lowest BCUT2D eigenvalue weighted by Crippen LogP contribution is -2.53. The lowest BCUT2D eigenvalue weighted by molar-refractivity contribution is -0.174. The Balaban J connectivity index is 1.94. The summed E-state index contributed by atoms with van der Waals surface area (Å²) in [5, 5.41) is 3.20. The van der Waals surface area contributed by atoms with Crippen molar-refractivity contribution in [3.8, 4) is 0 Å². The van der Waals surface area contributed by atoms with Crippen LogP contribution in [0.3, 0.4) is 0 Å². The minimum Gasteiger partial charge on any atom is -0.344 e. The van der Waals surface area contributed by atoms with E-state index >= 15 is 0 Å². The van der Waals surface area contributed by atoms with E-state index in [1.165, 1.54) is 5.56 Å². The van der Waals surface area contributed by atoms with Crippen molar-refractivity contribution in [3.63, 3.8) is 0 Å². The van der Waals surface area contributed by atoms with Gasteiger partial charge in [-0.25, -0.2) is 0 Å². The highest BCUT2D eigenvalue weighted by Crippen LogP contribution is 2.30. The number of hydrogen-bond donors (Lipinski definition) is 1. The molecule has 1 unspecified atom stereocenters. The number of likely N-dealkylation sites (tertiary alicyclic amines) is 1. The molecule has 2 rings (SSSR count). The minimum atomic E-state index is -4.43. The number of rotatable bonds is 6. The summed E-state index contributed by atoms with van der Waals surface area (Å²) in [6, 6.07) is 6.85. The monoisotopic (exact) mass is 432 g/mol. The Morgan fingerprint density at radius 3 is 2.17 bits per heavy atom. The van der Waals surface area contributed by atoms with Gasteiger partial charge in [-0.05, 0) is 42.4 Å². The van der Waals surface area contributed by atoms with Crippen LogP contribution >= 0.6 is 11.6 Å². The van der Waals surface area contributed by atoms with Crippen molar-refractivity contribution >= 4 is 23.4 Å². The SMILES string of the molecule is CC(C)[C@@H](NC(=O)CC(C)C(F)(F)F)C(=O)N1CCC(c2ccc(Cl)cc2)CC1. The third kappa shape index (κ3) is 6.63.